The smallest absolute Gasteiger partial charge is 0.244 e. The predicted octanol–water partition coefficient (Wildman–Crippen LogP) is 1.04. The van der Waals surface area contributed by atoms with Gasteiger partial charge >= 0.3 is 0 Å². The number of hydrogen-bond donors (Lipinski definition) is 1. The molecule has 0 aromatic heterocycles. The quantitative estimate of drug-likeness (QED) is 0.767. The minimum atomic E-state index is -3.66. The largest absolute Gasteiger partial charge is 0.492 e. The van der Waals surface area contributed by atoms with Crippen molar-refractivity contribution in [3.63, 3.8) is 0 Å². The van der Waals surface area contributed by atoms with Gasteiger partial charge in [-0.15, -0.1) is 0 Å². The fraction of sp³-hybridized carbons (Fsp3) is 0.600. The second-order valence-electron chi connectivity index (χ2n) is 5.84. The minimum absolute atomic E-state index is 0.122. The van der Waals surface area contributed by atoms with Crippen LogP contribution in [0.4, 0.5) is 0 Å². The number of nitrogens with zero attached hydrogens (tertiary/aromatic N) is 1. The molecule has 0 unspecified atom stereocenters. The molecule has 0 saturated carbocycles. The summed E-state index contributed by atoms with van der Waals surface area (Å²) in [6, 6.07) is 6.52. The zero-order valence-corrected chi connectivity index (χ0v) is 15.6. The summed E-state index contributed by atoms with van der Waals surface area (Å²) in [6.07, 6.45) is 2.48. The van der Waals surface area contributed by atoms with Crippen LogP contribution in [0.3, 0.4) is 0 Å². The van der Waals surface area contributed by atoms with Gasteiger partial charge in [-0.1, -0.05) is 12.1 Å². The van der Waals surface area contributed by atoms with E-state index in [1.807, 2.05) is 0 Å². The van der Waals surface area contributed by atoms with Crippen LogP contribution in [-0.4, -0.2) is 53.6 Å². The molecule has 1 aromatic rings. The number of hydrogen-bond acceptors (Lipinski definition) is 5. The van der Waals surface area contributed by atoms with Crippen LogP contribution >= 0.6 is 0 Å². The van der Waals surface area contributed by atoms with E-state index in [0.717, 1.165) is 0 Å². The molecule has 7 nitrogen and oxygen atoms in total. The average Bonchev–Trinajstić information content (AvgIpc) is 2.53. The molecule has 136 valence electrons. The van der Waals surface area contributed by atoms with E-state index >= 15 is 0 Å². The Hall–Kier alpha value is -1.16. The maximum Gasteiger partial charge on any atom is 0.244 e. The molecule has 0 atom stereocenters. The van der Waals surface area contributed by atoms with Crippen molar-refractivity contribution < 1.29 is 21.6 Å². The van der Waals surface area contributed by atoms with Crippen LogP contribution in [0.25, 0.3) is 0 Å². The molecule has 1 aliphatic rings. The van der Waals surface area contributed by atoms with Crippen LogP contribution in [0.1, 0.15) is 19.8 Å². The van der Waals surface area contributed by atoms with Crippen molar-refractivity contribution in [3.8, 4) is 5.75 Å². The summed E-state index contributed by atoms with van der Waals surface area (Å²) in [4.78, 5) is 0.125. The lowest BCUT2D eigenvalue weighted by Gasteiger charge is -2.30. The zero-order chi connectivity index (χ0) is 17.8. The lowest BCUT2D eigenvalue weighted by Crippen LogP contribution is -2.41. The molecule has 0 bridgehead atoms. The molecule has 1 saturated heterocycles. The fourth-order valence-corrected chi connectivity index (χ4v) is 4.83. The first kappa shape index (κ1) is 19.2. The molecule has 1 aliphatic heterocycles. The molecule has 0 radical (unpaired) electrons. The molecule has 1 aromatic carbocycles. The van der Waals surface area contributed by atoms with Crippen molar-refractivity contribution in [1.82, 2.24) is 9.03 Å². The normalized spacial score (nSPS) is 17.8. The van der Waals surface area contributed by atoms with Gasteiger partial charge in [-0.25, -0.2) is 25.9 Å². The number of para-hydroxylation sites is 1. The Labute approximate surface area is 144 Å². The summed E-state index contributed by atoms with van der Waals surface area (Å²) in [5.41, 5.74) is 0. The van der Waals surface area contributed by atoms with Crippen LogP contribution in [0.5, 0.6) is 5.75 Å². The van der Waals surface area contributed by atoms with Gasteiger partial charge in [-0.2, -0.15) is 0 Å². The lowest BCUT2D eigenvalue weighted by molar-refractivity contribution is 0.275. The van der Waals surface area contributed by atoms with Gasteiger partial charge in [0.15, 0.2) is 0 Å². The molecular formula is C15H24N2O5S2. The molecule has 0 amide bonds. The van der Waals surface area contributed by atoms with E-state index in [1.54, 1.807) is 25.1 Å². The summed E-state index contributed by atoms with van der Waals surface area (Å²) < 4.78 is 57.4. The van der Waals surface area contributed by atoms with Crippen molar-refractivity contribution in [2.45, 2.75) is 24.7 Å². The molecule has 24 heavy (non-hydrogen) atoms. The van der Waals surface area contributed by atoms with Crippen molar-refractivity contribution in [1.29, 1.82) is 0 Å². The summed E-state index contributed by atoms with van der Waals surface area (Å²) in [5, 5.41) is 0. The molecule has 2 rings (SSSR count). The number of sulfonamides is 2. The molecule has 0 spiro atoms. The fourth-order valence-electron chi connectivity index (χ4n) is 2.70. The van der Waals surface area contributed by atoms with Crippen molar-refractivity contribution in [2.24, 2.45) is 5.92 Å². The maximum atomic E-state index is 12.5. The van der Waals surface area contributed by atoms with E-state index in [2.05, 4.69) is 4.72 Å². The van der Waals surface area contributed by atoms with E-state index in [0.29, 0.717) is 44.8 Å². The minimum Gasteiger partial charge on any atom is -0.492 e. The van der Waals surface area contributed by atoms with Gasteiger partial charge in [0.1, 0.15) is 10.6 Å². The molecular weight excluding hydrogens is 352 g/mol. The van der Waals surface area contributed by atoms with E-state index < -0.39 is 20.0 Å². The highest BCUT2D eigenvalue weighted by molar-refractivity contribution is 7.89. The first-order chi connectivity index (χ1) is 11.2. The average molecular weight is 377 g/mol. The van der Waals surface area contributed by atoms with Crippen LogP contribution in [0, 0.1) is 5.92 Å². The standard InChI is InChI=1S/C15H24N2O5S2/c1-3-22-14-6-4-5-7-15(14)24(20,21)16-12-13-8-10-17(11-9-13)23(2,18)19/h4-7,13,16H,3,8-12H2,1-2H3. The zero-order valence-electron chi connectivity index (χ0n) is 13.9. The highest BCUT2D eigenvalue weighted by Crippen LogP contribution is 2.24. The molecule has 0 aliphatic carbocycles. The topological polar surface area (TPSA) is 92.8 Å². The summed E-state index contributed by atoms with van der Waals surface area (Å²) in [6.45, 7) is 3.34. The molecule has 1 heterocycles. The summed E-state index contributed by atoms with van der Waals surface area (Å²) >= 11 is 0. The van der Waals surface area contributed by atoms with Crippen molar-refractivity contribution in [3.05, 3.63) is 24.3 Å². The van der Waals surface area contributed by atoms with Crippen LogP contribution < -0.4 is 9.46 Å². The van der Waals surface area contributed by atoms with Crippen LogP contribution in [-0.2, 0) is 20.0 Å². The number of ether oxygens (including phenoxy) is 1. The van der Waals surface area contributed by atoms with E-state index in [9.17, 15) is 16.8 Å². The lowest BCUT2D eigenvalue weighted by atomic mass is 9.99. The molecule has 9 heteroatoms. The van der Waals surface area contributed by atoms with E-state index in [4.69, 9.17) is 4.74 Å². The number of rotatable bonds is 7. The van der Waals surface area contributed by atoms with Gasteiger partial charge in [0.25, 0.3) is 0 Å². The summed E-state index contributed by atoms with van der Waals surface area (Å²) in [5.74, 6) is 0.455. The van der Waals surface area contributed by atoms with Crippen LogP contribution in [0.2, 0.25) is 0 Å². The van der Waals surface area contributed by atoms with Gasteiger partial charge < -0.3 is 4.74 Å². The summed E-state index contributed by atoms with van der Waals surface area (Å²) in [7, 11) is -6.83. The van der Waals surface area contributed by atoms with Gasteiger partial charge in [0.05, 0.1) is 12.9 Å². The highest BCUT2D eigenvalue weighted by Gasteiger charge is 2.26. The van der Waals surface area contributed by atoms with Crippen molar-refractivity contribution >= 4 is 20.0 Å². The highest BCUT2D eigenvalue weighted by atomic mass is 32.2. The second kappa shape index (κ2) is 7.81. The third kappa shape index (κ3) is 4.92. The number of piperidine rings is 1. The van der Waals surface area contributed by atoms with Crippen molar-refractivity contribution in [2.75, 3.05) is 32.5 Å². The Kier molecular flexibility index (Phi) is 6.24. The third-order valence-corrected chi connectivity index (χ3v) is 6.81. The molecule has 1 fully saturated rings. The number of nitrogens with one attached hydrogen (secondary N) is 1. The monoisotopic (exact) mass is 376 g/mol. The second-order valence-corrected chi connectivity index (χ2v) is 9.55. The van der Waals surface area contributed by atoms with Gasteiger partial charge in [-0.3, -0.25) is 0 Å². The van der Waals surface area contributed by atoms with E-state index in [1.165, 1.54) is 16.6 Å². The van der Waals surface area contributed by atoms with Gasteiger partial charge in [0.2, 0.25) is 20.0 Å². The SMILES string of the molecule is CCOc1ccccc1S(=O)(=O)NCC1CCN(S(C)(=O)=O)CC1. The third-order valence-electron chi connectivity index (χ3n) is 4.04. The number of benzene rings is 1. The first-order valence-corrected chi connectivity index (χ1v) is 11.2. The maximum absolute atomic E-state index is 12.5. The Morgan fingerprint density at radius 2 is 1.79 bits per heavy atom. The molecule has 1 N–H and O–H groups in total. The van der Waals surface area contributed by atoms with Crippen LogP contribution in [0.15, 0.2) is 29.2 Å². The predicted molar refractivity (Wildman–Crippen MR) is 91.9 cm³/mol. The Bertz CT molecular complexity index is 754. The van der Waals surface area contributed by atoms with E-state index in [-0.39, 0.29) is 10.8 Å². The van der Waals surface area contributed by atoms with Gasteiger partial charge in [0, 0.05) is 19.6 Å². The Morgan fingerprint density at radius 1 is 1.17 bits per heavy atom. The Morgan fingerprint density at radius 3 is 2.38 bits per heavy atom. The Balaban J connectivity index is 1.97. The van der Waals surface area contributed by atoms with Gasteiger partial charge in [-0.05, 0) is 37.8 Å². The first-order valence-electron chi connectivity index (χ1n) is 7.90.